The van der Waals surface area contributed by atoms with E-state index in [0.29, 0.717) is 11.8 Å². The Morgan fingerprint density at radius 1 is 1.44 bits per heavy atom. The maximum Gasteiger partial charge on any atom is 0.230 e. The van der Waals surface area contributed by atoms with Crippen molar-refractivity contribution in [2.24, 2.45) is 0 Å². The SMILES string of the molecule is CCC(Br)c1nnc(CC2CCCCO2)o1. The number of hydrogen-bond acceptors (Lipinski definition) is 4. The highest BCUT2D eigenvalue weighted by Crippen LogP contribution is 2.25. The number of hydrogen-bond donors (Lipinski definition) is 0. The van der Waals surface area contributed by atoms with Crippen LogP contribution in [0.3, 0.4) is 0 Å². The van der Waals surface area contributed by atoms with Gasteiger partial charge in [0.25, 0.3) is 0 Å². The van der Waals surface area contributed by atoms with Crippen molar-refractivity contribution in [3.63, 3.8) is 0 Å². The van der Waals surface area contributed by atoms with Crippen LogP contribution >= 0.6 is 15.9 Å². The molecule has 2 heterocycles. The van der Waals surface area contributed by atoms with E-state index in [1.165, 1.54) is 12.8 Å². The van der Waals surface area contributed by atoms with Crippen LogP contribution in [-0.2, 0) is 11.2 Å². The quantitative estimate of drug-likeness (QED) is 0.799. The summed E-state index contributed by atoms with van der Waals surface area (Å²) in [6.07, 6.45) is 5.46. The average molecular weight is 289 g/mol. The van der Waals surface area contributed by atoms with Crippen LogP contribution in [0.25, 0.3) is 0 Å². The maximum atomic E-state index is 5.64. The van der Waals surface area contributed by atoms with Gasteiger partial charge in [-0.25, -0.2) is 0 Å². The van der Waals surface area contributed by atoms with Crippen LogP contribution in [0.4, 0.5) is 0 Å². The summed E-state index contributed by atoms with van der Waals surface area (Å²) in [5.74, 6) is 1.37. The molecule has 0 aliphatic carbocycles. The van der Waals surface area contributed by atoms with Gasteiger partial charge in [-0.15, -0.1) is 10.2 Å². The van der Waals surface area contributed by atoms with E-state index in [0.717, 1.165) is 25.9 Å². The first-order chi connectivity index (χ1) is 7.79. The van der Waals surface area contributed by atoms with Crippen LogP contribution in [0.1, 0.15) is 49.2 Å². The number of nitrogens with zero attached hydrogens (tertiary/aromatic N) is 2. The van der Waals surface area contributed by atoms with Crippen LogP contribution < -0.4 is 0 Å². The van der Waals surface area contributed by atoms with Crippen molar-refractivity contribution in [3.8, 4) is 0 Å². The van der Waals surface area contributed by atoms with E-state index in [-0.39, 0.29) is 10.9 Å². The summed E-state index contributed by atoms with van der Waals surface area (Å²) in [5.41, 5.74) is 0. The minimum atomic E-state index is 0.168. The van der Waals surface area contributed by atoms with Crippen molar-refractivity contribution < 1.29 is 9.15 Å². The van der Waals surface area contributed by atoms with E-state index < -0.39 is 0 Å². The Morgan fingerprint density at radius 3 is 3.00 bits per heavy atom. The van der Waals surface area contributed by atoms with Gasteiger partial charge in [0.15, 0.2) is 0 Å². The summed E-state index contributed by atoms with van der Waals surface area (Å²) >= 11 is 3.50. The summed E-state index contributed by atoms with van der Waals surface area (Å²) in [5, 5.41) is 8.09. The van der Waals surface area contributed by atoms with Gasteiger partial charge in [-0.2, -0.15) is 0 Å². The van der Waals surface area contributed by atoms with E-state index in [4.69, 9.17) is 9.15 Å². The van der Waals surface area contributed by atoms with Gasteiger partial charge >= 0.3 is 0 Å². The summed E-state index contributed by atoms with van der Waals surface area (Å²) in [4.78, 5) is 0.168. The highest BCUT2D eigenvalue weighted by atomic mass is 79.9. The summed E-state index contributed by atoms with van der Waals surface area (Å²) in [6, 6.07) is 0. The van der Waals surface area contributed by atoms with Gasteiger partial charge in [-0.1, -0.05) is 22.9 Å². The Kier molecular flexibility index (Phi) is 4.35. The fourth-order valence-electron chi connectivity index (χ4n) is 1.81. The number of aromatic nitrogens is 2. The molecule has 0 radical (unpaired) electrons. The fraction of sp³-hybridized carbons (Fsp3) is 0.818. The molecule has 2 unspecified atom stereocenters. The van der Waals surface area contributed by atoms with Gasteiger partial charge in [0.05, 0.1) is 17.4 Å². The Hall–Kier alpha value is -0.420. The second-order valence-corrected chi connectivity index (χ2v) is 5.21. The van der Waals surface area contributed by atoms with E-state index in [2.05, 4.69) is 33.1 Å². The topological polar surface area (TPSA) is 48.2 Å². The lowest BCUT2D eigenvalue weighted by Gasteiger charge is -2.20. The average Bonchev–Trinajstić information content (AvgIpc) is 2.78. The number of rotatable bonds is 4. The molecule has 5 heteroatoms. The molecule has 0 spiro atoms. The van der Waals surface area contributed by atoms with Gasteiger partial charge in [-0.05, 0) is 25.7 Å². The molecule has 0 aromatic carbocycles. The van der Waals surface area contributed by atoms with Gasteiger partial charge < -0.3 is 9.15 Å². The fourth-order valence-corrected chi connectivity index (χ4v) is 2.00. The highest BCUT2D eigenvalue weighted by molar-refractivity contribution is 9.09. The van der Waals surface area contributed by atoms with Crippen LogP contribution in [-0.4, -0.2) is 22.9 Å². The zero-order valence-electron chi connectivity index (χ0n) is 9.49. The lowest BCUT2D eigenvalue weighted by molar-refractivity contribution is 0.0130. The van der Waals surface area contributed by atoms with Gasteiger partial charge in [0.2, 0.25) is 11.8 Å². The Labute approximate surface area is 104 Å². The first kappa shape index (κ1) is 12.0. The van der Waals surface area contributed by atoms with Crippen LogP contribution in [0, 0.1) is 0 Å². The van der Waals surface area contributed by atoms with E-state index in [9.17, 15) is 0 Å². The van der Waals surface area contributed by atoms with Gasteiger partial charge in [0.1, 0.15) is 0 Å². The Bertz CT molecular complexity index is 324. The highest BCUT2D eigenvalue weighted by Gasteiger charge is 2.19. The molecule has 1 aromatic rings. The molecule has 2 rings (SSSR count). The Balaban J connectivity index is 1.91. The van der Waals surface area contributed by atoms with Crippen LogP contribution in [0.2, 0.25) is 0 Å². The summed E-state index contributed by atoms with van der Waals surface area (Å²) in [6.45, 7) is 2.94. The number of halogens is 1. The molecule has 0 N–H and O–H groups in total. The molecule has 0 saturated carbocycles. The van der Waals surface area contributed by atoms with E-state index in [1.807, 2.05) is 0 Å². The number of alkyl halides is 1. The molecule has 4 nitrogen and oxygen atoms in total. The molecular formula is C11H17BrN2O2. The third-order valence-corrected chi connectivity index (χ3v) is 3.82. The molecular weight excluding hydrogens is 272 g/mol. The van der Waals surface area contributed by atoms with Crippen LogP contribution in [0.15, 0.2) is 4.42 Å². The van der Waals surface area contributed by atoms with Crippen molar-refractivity contribution in [1.82, 2.24) is 10.2 Å². The molecule has 90 valence electrons. The molecule has 1 aliphatic rings. The molecule has 1 fully saturated rings. The Morgan fingerprint density at radius 2 is 2.31 bits per heavy atom. The maximum absolute atomic E-state index is 5.64. The smallest absolute Gasteiger partial charge is 0.230 e. The standard InChI is InChI=1S/C11H17BrN2O2/c1-2-9(12)11-14-13-10(16-11)7-8-5-3-4-6-15-8/h8-9H,2-7H2,1H3. The van der Waals surface area contributed by atoms with Crippen molar-refractivity contribution in [2.75, 3.05) is 6.61 Å². The minimum Gasteiger partial charge on any atom is -0.424 e. The van der Waals surface area contributed by atoms with Crippen molar-refractivity contribution in [3.05, 3.63) is 11.8 Å². The van der Waals surface area contributed by atoms with Gasteiger partial charge in [-0.3, -0.25) is 0 Å². The zero-order valence-corrected chi connectivity index (χ0v) is 11.1. The molecule has 1 aromatic heterocycles. The van der Waals surface area contributed by atoms with Crippen LogP contribution in [0.5, 0.6) is 0 Å². The molecule has 16 heavy (non-hydrogen) atoms. The van der Waals surface area contributed by atoms with E-state index in [1.54, 1.807) is 0 Å². The minimum absolute atomic E-state index is 0.168. The van der Waals surface area contributed by atoms with Crippen molar-refractivity contribution in [2.45, 2.75) is 50.0 Å². The van der Waals surface area contributed by atoms with Crippen molar-refractivity contribution in [1.29, 1.82) is 0 Å². The first-order valence-corrected chi connectivity index (χ1v) is 6.79. The van der Waals surface area contributed by atoms with E-state index >= 15 is 0 Å². The van der Waals surface area contributed by atoms with Crippen molar-refractivity contribution >= 4 is 15.9 Å². The zero-order chi connectivity index (χ0) is 11.4. The monoisotopic (exact) mass is 288 g/mol. The lowest BCUT2D eigenvalue weighted by atomic mass is 10.1. The summed E-state index contributed by atoms with van der Waals surface area (Å²) < 4.78 is 11.2. The second kappa shape index (κ2) is 5.77. The third-order valence-electron chi connectivity index (χ3n) is 2.79. The summed E-state index contributed by atoms with van der Waals surface area (Å²) in [7, 11) is 0. The largest absolute Gasteiger partial charge is 0.424 e. The molecule has 2 atom stereocenters. The predicted molar refractivity (Wildman–Crippen MR) is 63.6 cm³/mol. The third kappa shape index (κ3) is 3.04. The lowest BCUT2D eigenvalue weighted by Crippen LogP contribution is -2.21. The second-order valence-electron chi connectivity index (χ2n) is 4.10. The normalized spacial score (nSPS) is 23.2. The molecule has 1 aliphatic heterocycles. The molecule has 1 saturated heterocycles. The first-order valence-electron chi connectivity index (χ1n) is 5.87. The molecule has 0 bridgehead atoms. The molecule has 0 amide bonds. The van der Waals surface area contributed by atoms with Gasteiger partial charge in [0, 0.05) is 6.61 Å². The predicted octanol–water partition coefficient (Wildman–Crippen LogP) is 3.03. The number of ether oxygens (including phenoxy) is 1.